The summed E-state index contributed by atoms with van der Waals surface area (Å²) in [6.45, 7) is 13.5. The zero-order valence-electron chi connectivity index (χ0n) is 23.9. The Morgan fingerprint density at radius 3 is 1.46 bits per heavy atom. The summed E-state index contributed by atoms with van der Waals surface area (Å²) in [5, 5.41) is 10.3. The Labute approximate surface area is 228 Å². The molecule has 8 heteroatoms. The van der Waals surface area contributed by atoms with Crippen molar-refractivity contribution < 1.29 is 37.8 Å². The van der Waals surface area contributed by atoms with Crippen molar-refractivity contribution in [3.05, 3.63) is 70.3 Å². The maximum Gasteiger partial charge on any atom is 0.324 e. The highest BCUT2D eigenvalue weighted by Gasteiger charge is 2.49. The predicted molar refractivity (Wildman–Crippen MR) is 144 cm³/mol. The quantitative estimate of drug-likeness (QED) is 0.205. The van der Waals surface area contributed by atoms with Crippen LogP contribution in [0.2, 0.25) is 0 Å². The highest BCUT2D eigenvalue weighted by Crippen LogP contribution is 2.34. The number of benzene rings is 2. The summed E-state index contributed by atoms with van der Waals surface area (Å²) in [7, 11) is 0. The van der Waals surface area contributed by atoms with Crippen molar-refractivity contribution in [3.8, 4) is 0 Å². The lowest BCUT2D eigenvalue weighted by atomic mass is 9.75. The number of Topliss-reactive ketones (excluding diaryl/α,β-unsaturated/α-hetero) is 2. The van der Waals surface area contributed by atoms with E-state index in [0.29, 0.717) is 6.42 Å². The molecule has 1 atom stereocenters. The van der Waals surface area contributed by atoms with E-state index in [0.717, 1.165) is 12.1 Å². The van der Waals surface area contributed by atoms with Gasteiger partial charge in [-0.25, -0.2) is 8.78 Å². The van der Waals surface area contributed by atoms with Gasteiger partial charge in [-0.15, -0.1) is 0 Å². The average Bonchev–Trinajstić information content (AvgIpc) is 2.83. The first-order valence-electron chi connectivity index (χ1n) is 12.9. The van der Waals surface area contributed by atoms with Gasteiger partial charge in [0.15, 0.2) is 17.0 Å². The molecule has 0 bridgehead atoms. The third kappa shape index (κ3) is 7.37. The van der Waals surface area contributed by atoms with Crippen LogP contribution in [-0.4, -0.2) is 34.7 Å². The number of halogens is 2. The molecule has 0 aliphatic rings. The van der Waals surface area contributed by atoms with Crippen molar-refractivity contribution in [3.63, 3.8) is 0 Å². The minimum Gasteiger partial charge on any atom is -0.480 e. The summed E-state index contributed by atoms with van der Waals surface area (Å²) < 4.78 is 35.9. The number of ether oxygens (including phenoxy) is 1. The third-order valence-corrected chi connectivity index (χ3v) is 6.66. The Hall–Kier alpha value is -3.42. The van der Waals surface area contributed by atoms with Gasteiger partial charge < -0.3 is 9.84 Å². The maximum atomic E-state index is 15.2. The first-order valence-corrected chi connectivity index (χ1v) is 12.9. The lowest BCUT2D eigenvalue weighted by Gasteiger charge is -2.29. The first-order chi connectivity index (χ1) is 17.8. The number of hydrogen-bond acceptors (Lipinski definition) is 5. The van der Waals surface area contributed by atoms with Gasteiger partial charge in [0.25, 0.3) is 0 Å². The van der Waals surface area contributed by atoms with Crippen molar-refractivity contribution in [2.75, 3.05) is 0 Å². The summed E-state index contributed by atoms with van der Waals surface area (Å²) in [6, 6.07) is 7.33. The molecule has 0 aliphatic heterocycles. The van der Waals surface area contributed by atoms with Crippen LogP contribution in [0, 0.1) is 27.9 Å². The van der Waals surface area contributed by atoms with E-state index in [1.165, 1.54) is 24.3 Å². The van der Waals surface area contributed by atoms with Gasteiger partial charge in [0.1, 0.15) is 11.6 Å². The van der Waals surface area contributed by atoms with E-state index >= 15 is 8.78 Å². The van der Waals surface area contributed by atoms with Gasteiger partial charge >= 0.3 is 11.9 Å². The van der Waals surface area contributed by atoms with E-state index in [-0.39, 0.29) is 33.8 Å². The Bertz CT molecular complexity index is 1190. The standard InChI is InChI=1S/C31H38F2O6/c1-9-18(2)39-28(38)31(27(36)37,16-21-12-10-19(14-23(21)32)25(34)29(3,4)5)17-22-13-11-20(15-24(22)33)26(35)30(6,7)8/h10-15,18H,9,16-17H2,1-8H3,(H,36,37). The summed E-state index contributed by atoms with van der Waals surface area (Å²) in [4.78, 5) is 51.3. The molecule has 2 aromatic carbocycles. The number of hydrogen-bond donors (Lipinski definition) is 1. The minimum atomic E-state index is -2.38. The molecule has 1 N–H and O–H groups in total. The molecule has 6 nitrogen and oxygen atoms in total. The molecule has 1 unspecified atom stereocenters. The largest absolute Gasteiger partial charge is 0.480 e. The molecule has 0 aliphatic carbocycles. The van der Waals surface area contributed by atoms with Crippen molar-refractivity contribution in [1.82, 2.24) is 0 Å². The number of ketones is 2. The molecule has 0 amide bonds. The van der Waals surface area contributed by atoms with Crippen LogP contribution in [0.1, 0.15) is 93.7 Å². The molecular weight excluding hydrogens is 506 g/mol. The van der Waals surface area contributed by atoms with Crippen molar-refractivity contribution >= 4 is 23.5 Å². The highest BCUT2D eigenvalue weighted by molar-refractivity contribution is 6.01. The van der Waals surface area contributed by atoms with Crippen LogP contribution in [0.3, 0.4) is 0 Å². The fourth-order valence-corrected chi connectivity index (χ4v) is 4.00. The Morgan fingerprint density at radius 2 is 1.18 bits per heavy atom. The smallest absolute Gasteiger partial charge is 0.324 e. The number of carboxylic acids is 1. The van der Waals surface area contributed by atoms with Crippen LogP contribution in [-0.2, 0) is 27.2 Å². The summed E-state index contributed by atoms with van der Waals surface area (Å²) in [6.07, 6.45) is -1.52. The van der Waals surface area contributed by atoms with Crippen molar-refractivity contribution in [2.45, 2.75) is 80.8 Å². The monoisotopic (exact) mass is 544 g/mol. The topological polar surface area (TPSA) is 97.7 Å². The van der Waals surface area contributed by atoms with Crippen molar-refractivity contribution in [2.24, 2.45) is 16.2 Å². The van der Waals surface area contributed by atoms with Crippen LogP contribution in [0.15, 0.2) is 36.4 Å². The molecule has 2 aromatic rings. The van der Waals surface area contributed by atoms with E-state index in [2.05, 4.69) is 0 Å². The van der Waals surface area contributed by atoms with Gasteiger partial charge in [0.05, 0.1) is 6.10 Å². The molecule has 0 aromatic heterocycles. The molecule has 2 rings (SSSR count). The number of carbonyl (C=O) groups excluding carboxylic acids is 3. The first kappa shape index (κ1) is 31.8. The maximum absolute atomic E-state index is 15.2. The van der Waals surface area contributed by atoms with Gasteiger partial charge in [-0.3, -0.25) is 19.2 Å². The number of carboxylic acid groups (broad SMARTS) is 1. The van der Waals surface area contributed by atoms with Gasteiger partial charge in [-0.1, -0.05) is 72.7 Å². The molecule has 0 saturated carbocycles. The van der Waals surface area contributed by atoms with E-state index in [4.69, 9.17) is 4.74 Å². The van der Waals surface area contributed by atoms with E-state index in [1.807, 2.05) is 0 Å². The molecule has 0 saturated heterocycles. The summed E-state index contributed by atoms with van der Waals surface area (Å²) >= 11 is 0. The molecular formula is C31H38F2O6. The molecule has 39 heavy (non-hydrogen) atoms. The number of rotatable bonds is 10. The molecule has 0 fully saturated rings. The van der Waals surface area contributed by atoms with E-state index < -0.39 is 58.8 Å². The second-order valence-electron chi connectivity index (χ2n) is 12.1. The van der Waals surface area contributed by atoms with Crippen LogP contribution < -0.4 is 0 Å². The lowest BCUT2D eigenvalue weighted by Crippen LogP contribution is -2.46. The fourth-order valence-electron chi connectivity index (χ4n) is 4.00. The zero-order chi connectivity index (χ0) is 29.9. The van der Waals surface area contributed by atoms with Crippen LogP contribution in [0.25, 0.3) is 0 Å². The number of esters is 1. The van der Waals surface area contributed by atoms with Gasteiger partial charge in [-0.2, -0.15) is 0 Å². The molecule has 0 heterocycles. The van der Waals surface area contributed by atoms with Crippen LogP contribution >= 0.6 is 0 Å². The average molecular weight is 545 g/mol. The summed E-state index contributed by atoms with van der Waals surface area (Å²) in [5.74, 6) is -5.08. The summed E-state index contributed by atoms with van der Waals surface area (Å²) in [5.41, 5.74) is -3.97. The van der Waals surface area contributed by atoms with E-state index in [1.54, 1.807) is 55.4 Å². The minimum absolute atomic E-state index is 0.108. The zero-order valence-corrected chi connectivity index (χ0v) is 23.9. The molecule has 212 valence electrons. The lowest BCUT2D eigenvalue weighted by molar-refractivity contribution is -0.172. The van der Waals surface area contributed by atoms with Gasteiger partial charge in [-0.05, 0) is 36.6 Å². The highest BCUT2D eigenvalue weighted by atomic mass is 19.1. The van der Waals surface area contributed by atoms with E-state index in [9.17, 15) is 24.3 Å². The Kier molecular flexibility index (Phi) is 9.59. The SMILES string of the molecule is CCC(C)OC(=O)C(Cc1ccc(C(=O)C(C)(C)C)cc1F)(Cc1ccc(C(=O)C(C)(C)C)cc1F)C(=O)O. The van der Waals surface area contributed by atoms with Crippen LogP contribution in [0.4, 0.5) is 8.78 Å². The van der Waals surface area contributed by atoms with Gasteiger partial charge in [0.2, 0.25) is 0 Å². The second kappa shape index (κ2) is 11.8. The normalized spacial score (nSPS) is 13.1. The number of aliphatic carboxylic acids is 1. The third-order valence-electron chi connectivity index (χ3n) is 6.66. The fraction of sp³-hybridized carbons (Fsp3) is 0.484. The number of carbonyl (C=O) groups is 4. The second-order valence-corrected chi connectivity index (χ2v) is 12.1. The van der Waals surface area contributed by atoms with Crippen LogP contribution in [0.5, 0.6) is 0 Å². The predicted octanol–water partition coefficient (Wildman–Crippen LogP) is 6.62. The molecule has 0 radical (unpaired) electrons. The Balaban J connectivity index is 2.61. The van der Waals surface area contributed by atoms with Gasteiger partial charge in [0, 0.05) is 34.8 Å². The molecule has 0 spiro atoms. The Morgan fingerprint density at radius 1 is 0.795 bits per heavy atom. The van der Waals surface area contributed by atoms with Crippen molar-refractivity contribution in [1.29, 1.82) is 0 Å².